The van der Waals surface area contributed by atoms with Gasteiger partial charge in [0.05, 0.1) is 0 Å². The molecule has 7 heteroatoms. The molecule has 2 aromatic carbocycles. The number of halogens is 1. The molecule has 2 rings (SSSR count). The van der Waals surface area contributed by atoms with E-state index in [1.54, 1.807) is 50.2 Å². The molecule has 0 saturated heterocycles. The lowest BCUT2D eigenvalue weighted by Crippen LogP contribution is -2.47. The first-order valence-electron chi connectivity index (χ1n) is 9.32. The summed E-state index contributed by atoms with van der Waals surface area (Å²) in [5.74, 6) is -1.75. The van der Waals surface area contributed by atoms with Crippen LogP contribution in [-0.2, 0) is 14.3 Å². The number of esters is 1. The van der Waals surface area contributed by atoms with E-state index in [9.17, 15) is 14.4 Å². The number of carbonyl (C=O) groups is 3. The smallest absolute Gasteiger partial charge is 0.329 e. The fourth-order valence-electron chi connectivity index (χ4n) is 2.66. The molecule has 0 aliphatic rings. The highest BCUT2D eigenvalue weighted by atomic mass is 35.5. The second kappa shape index (κ2) is 10.1. The van der Waals surface area contributed by atoms with Crippen LogP contribution >= 0.6 is 11.6 Å². The van der Waals surface area contributed by atoms with Crippen LogP contribution in [0.1, 0.15) is 36.7 Å². The van der Waals surface area contributed by atoms with Gasteiger partial charge in [-0.1, -0.05) is 49.7 Å². The van der Waals surface area contributed by atoms with Gasteiger partial charge >= 0.3 is 5.97 Å². The van der Waals surface area contributed by atoms with Gasteiger partial charge in [-0.2, -0.15) is 0 Å². The van der Waals surface area contributed by atoms with E-state index in [4.69, 9.17) is 16.3 Å². The summed E-state index contributed by atoms with van der Waals surface area (Å²) in [4.78, 5) is 37.5. The Bertz CT molecular complexity index is 898. The number of amides is 2. The summed E-state index contributed by atoms with van der Waals surface area (Å²) in [5.41, 5.74) is 1.78. The van der Waals surface area contributed by atoms with Crippen molar-refractivity contribution in [3.8, 4) is 0 Å². The van der Waals surface area contributed by atoms with Crippen LogP contribution in [-0.4, -0.2) is 29.9 Å². The average molecular weight is 417 g/mol. The van der Waals surface area contributed by atoms with Gasteiger partial charge in [0.2, 0.25) is 0 Å². The van der Waals surface area contributed by atoms with Gasteiger partial charge in [0.15, 0.2) is 6.10 Å². The molecule has 2 N–H and O–H groups in total. The van der Waals surface area contributed by atoms with Crippen molar-refractivity contribution in [2.75, 3.05) is 5.32 Å². The number of anilines is 1. The number of carbonyl (C=O) groups excluding carboxylic acids is 3. The molecule has 6 nitrogen and oxygen atoms in total. The molecule has 2 atom stereocenters. The van der Waals surface area contributed by atoms with Crippen molar-refractivity contribution in [2.24, 2.45) is 5.92 Å². The van der Waals surface area contributed by atoms with Gasteiger partial charge in [-0.3, -0.25) is 9.59 Å². The fraction of sp³-hybridized carbons (Fsp3) is 0.318. The van der Waals surface area contributed by atoms with Crippen LogP contribution in [0.4, 0.5) is 5.69 Å². The second-order valence-electron chi connectivity index (χ2n) is 7.09. The Morgan fingerprint density at radius 3 is 2.31 bits per heavy atom. The molecule has 0 unspecified atom stereocenters. The van der Waals surface area contributed by atoms with Crippen molar-refractivity contribution in [3.05, 3.63) is 64.7 Å². The highest BCUT2D eigenvalue weighted by Gasteiger charge is 2.29. The Labute approximate surface area is 175 Å². The lowest BCUT2D eigenvalue weighted by atomic mass is 10.0. The normalized spacial score (nSPS) is 12.8. The van der Waals surface area contributed by atoms with E-state index >= 15 is 0 Å². The standard InChI is InChI=1S/C22H25ClN2O4/c1-13(2)19(25-21(27)18-11-6-5-8-14(18)3)22(28)29-15(4)20(26)24-17-10-7-9-16(23)12-17/h5-13,15,19H,1-4H3,(H,24,26)(H,25,27)/t15-,19+/m1/s1. The van der Waals surface area contributed by atoms with Gasteiger partial charge < -0.3 is 15.4 Å². The first-order chi connectivity index (χ1) is 13.7. The summed E-state index contributed by atoms with van der Waals surface area (Å²) in [6.07, 6.45) is -1.04. The maximum atomic E-state index is 12.6. The number of ether oxygens (including phenoxy) is 1. The van der Waals surface area contributed by atoms with E-state index in [2.05, 4.69) is 10.6 Å². The summed E-state index contributed by atoms with van der Waals surface area (Å²) in [5, 5.41) is 5.83. The van der Waals surface area contributed by atoms with Gasteiger partial charge in [0.1, 0.15) is 6.04 Å². The van der Waals surface area contributed by atoms with Gasteiger partial charge in [-0.05, 0) is 49.6 Å². The number of hydrogen-bond acceptors (Lipinski definition) is 4. The second-order valence-corrected chi connectivity index (χ2v) is 7.53. The van der Waals surface area contributed by atoms with Crippen LogP contribution in [0.25, 0.3) is 0 Å². The van der Waals surface area contributed by atoms with Crippen LogP contribution < -0.4 is 10.6 Å². The van der Waals surface area contributed by atoms with E-state index in [0.29, 0.717) is 16.3 Å². The largest absolute Gasteiger partial charge is 0.451 e. The number of hydrogen-bond donors (Lipinski definition) is 2. The molecular formula is C22H25ClN2O4. The Hall–Kier alpha value is -2.86. The van der Waals surface area contributed by atoms with Gasteiger partial charge in [0.25, 0.3) is 11.8 Å². The molecule has 0 aliphatic carbocycles. The molecule has 154 valence electrons. The van der Waals surface area contributed by atoms with Crippen LogP contribution in [0.5, 0.6) is 0 Å². The van der Waals surface area contributed by atoms with Crippen LogP contribution in [0.2, 0.25) is 5.02 Å². The predicted molar refractivity (Wildman–Crippen MR) is 113 cm³/mol. The average Bonchev–Trinajstić information content (AvgIpc) is 2.65. The zero-order valence-corrected chi connectivity index (χ0v) is 17.6. The van der Waals surface area contributed by atoms with Gasteiger partial charge in [-0.25, -0.2) is 4.79 Å². The maximum absolute atomic E-state index is 12.6. The molecule has 0 heterocycles. The molecule has 0 aliphatic heterocycles. The first-order valence-corrected chi connectivity index (χ1v) is 9.70. The van der Waals surface area contributed by atoms with Crippen molar-refractivity contribution >= 4 is 35.1 Å². The monoisotopic (exact) mass is 416 g/mol. The van der Waals surface area contributed by atoms with Crippen molar-refractivity contribution < 1.29 is 19.1 Å². The number of nitrogens with one attached hydrogen (secondary N) is 2. The quantitative estimate of drug-likeness (QED) is 0.669. The fourth-order valence-corrected chi connectivity index (χ4v) is 2.85. The molecule has 0 radical (unpaired) electrons. The number of rotatable bonds is 7. The zero-order valence-electron chi connectivity index (χ0n) is 16.9. The predicted octanol–water partition coefficient (Wildman–Crippen LogP) is 3.97. The third kappa shape index (κ3) is 6.32. The Morgan fingerprint density at radius 2 is 1.69 bits per heavy atom. The summed E-state index contributed by atoms with van der Waals surface area (Å²) in [6.45, 7) is 6.87. The van der Waals surface area contributed by atoms with Gasteiger partial charge in [-0.15, -0.1) is 0 Å². The Balaban J connectivity index is 2.02. The number of aryl methyl sites for hydroxylation is 1. The third-order valence-electron chi connectivity index (χ3n) is 4.35. The Morgan fingerprint density at radius 1 is 1.00 bits per heavy atom. The molecule has 29 heavy (non-hydrogen) atoms. The lowest BCUT2D eigenvalue weighted by molar-refractivity contribution is -0.156. The molecule has 2 aromatic rings. The number of benzene rings is 2. The molecule has 0 aromatic heterocycles. The van der Waals surface area contributed by atoms with Crippen LogP contribution in [0.15, 0.2) is 48.5 Å². The minimum atomic E-state index is -1.04. The van der Waals surface area contributed by atoms with E-state index < -0.39 is 24.0 Å². The Kier molecular flexibility index (Phi) is 7.79. The molecule has 0 bridgehead atoms. The summed E-state index contributed by atoms with van der Waals surface area (Å²) in [7, 11) is 0. The van der Waals surface area contributed by atoms with E-state index in [1.165, 1.54) is 6.92 Å². The van der Waals surface area contributed by atoms with E-state index in [0.717, 1.165) is 5.56 Å². The molecule has 0 fully saturated rings. The van der Waals surface area contributed by atoms with Crippen LogP contribution in [0.3, 0.4) is 0 Å². The zero-order chi connectivity index (χ0) is 21.6. The highest BCUT2D eigenvalue weighted by Crippen LogP contribution is 2.16. The lowest BCUT2D eigenvalue weighted by Gasteiger charge is -2.23. The molecular weight excluding hydrogens is 392 g/mol. The summed E-state index contributed by atoms with van der Waals surface area (Å²) in [6, 6.07) is 12.9. The minimum absolute atomic E-state index is 0.223. The van der Waals surface area contributed by atoms with E-state index in [1.807, 2.05) is 19.1 Å². The highest BCUT2D eigenvalue weighted by molar-refractivity contribution is 6.30. The first kappa shape index (κ1) is 22.4. The van der Waals surface area contributed by atoms with Crippen molar-refractivity contribution in [3.63, 3.8) is 0 Å². The summed E-state index contributed by atoms with van der Waals surface area (Å²) >= 11 is 5.90. The SMILES string of the molecule is Cc1ccccc1C(=O)N[C@H](C(=O)O[C@H](C)C(=O)Nc1cccc(Cl)c1)C(C)C. The van der Waals surface area contributed by atoms with Crippen molar-refractivity contribution in [1.82, 2.24) is 5.32 Å². The topological polar surface area (TPSA) is 84.5 Å². The van der Waals surface area contributed by atoms with E-state index in [-0.39, 0.29) is 11.8 Å². The molecule has 0 saturated carbocycles. The van der Waals surface area contributed by atoms with Crippen molar-refractivity contribution in [2.45, 2.75) is 39.8 Å². The summed E-state index contributed by atoms with van der Waals surface area (Å²) < 4.78 is 5.31. The van der Waals surface area contributed by atoms with Gasteiger partial charge in [0, 0.05) is 16.3 Å². The maximum Gasteiger partial charge on any atom is 0.329 e. The van der Waals surface area contributed by atoms with Crippen molar-refractivity contribution in [1.29, 1.82) is 0 Å². The molecule has 2 amide bonds. The van der Waals surface area contributed by atoms with Crippen LogP contribution in [0, 0.1) is 12.8 Å². The minimum Gasteiger partial charge on any atom is -0.451 e. The third-order valence-corrected chi connectivity index (χ3v) is 4.59. The molecule has 0 spiro atoms.